The third-order valence-electron chi connectivity index (χ3n) is 3.01. The van der Waals surface area contributed by atoms with Crippen molar-refractivity contribution in [3.05, 3.63) is 33.0 Å². The number of anilines is 1. The zero-order chi connectivity index (χ0) is 18.1. The molecule has 1 heterocycles. The number of benzene rings is 1. The van der Waals surface area contributed by atoms with E-state index in [1.165, 1.54) is 33.1 Å². The molecule has 1 saturated heterocycles. The molecule has 0 bridgehead atoms. The van der Waals surface area contributed by atoms with E-state index in [0.717, 1.165) is 6.20 Å². The third kappa shape index (κ3) is 3.78. The van der Waals surface area contributed by atoms with E-state index in [-0.39, 0.29) is 16.9 Å². The number of carboxylic acid groups (broad SMARTS) is 1. The predicted molar refractivity (Wildman–Crippen MR) is 90.6 cm³/mol. The Kier molecular flexibility index (Phi) is 5.02. The minimum absolute atomic E-state index is 0.00154. The van der Waals surface area contributed by atoms with Gasteiger partial charge in [-0.05, 0) is 28.7 Å². The lowest BCUT2D eigenvalue weighted by Gasteiger charge is -2.29. The molecule has 0 aliphatic carbocycles. The quantitative estimate of drug-likeness (QED) is 0.313. The number of carbonyl (C=O) groups is 3. The van der Waals surface area contributed by atoms with Crippen LogP contribution in [0, 0.1) is 3.57 Å². The average molecular weight is 447 g/mol. The normalized spacial score (nSPS) is 16.1. The summed E-state index contributed by atoms with van der Waals surface area (Å²) in [4.78, 5) is 34.9. The fourth-order valence-corrected chi connectivity index (χ4v) is 2.55. The number of nitrogens with one attached hydrogen (secondary N) is 1. The highest BCUT2D eigenvalue weighted by atomic mass is 127. The molecule has 1 aromatic rings. The number of aromatic carboxylic acids is 1. The second-order valence-corrected chi connectivity index (χ2v) is 6.38. The molecule has 128 valence electrons. The lowest BCUT2D eigenvalue weighted by atomic mass is 10.1. The Hall–Kier alpha value is -2.30. The summed E-state index contributed by atoms with van der Waals surface area (Å²) in [6.07, 6.45) is 1.15. The maximum Gasteiger partial charge on any atom is 0.350 e. The zero-order valence-corrected chi connectivity index (χ0v) is 15.2. The average Bonchev–Trinajstić information content (AvgIpc) is 2.46. The van der Waals surface area contributed by atoms with Crippen LogP contribution in [0.2, 0.25) is 0 Å². The Labute approximate surface area is 150 Å². The zero-order valence-electron chi connectivity index (χ0n) is 13.0. The van der Waals surface area contributed by atoms with Gasteiger partial charge in [0.25, 0.3) is 5.79 Å². The molecule has 0 saturated carbocycles. The lowest BCUT2D eigenvalue weighted by Crippen LogP contribution is -2.42. The van der Waals surface area contributed by atoms with Crippen molar-refractivity contribution in [2.75, 3.05) is 12.4 Å². The Bertz CT molecular complexity index is 732. The first-order chi connectivity index (χ1) is 11.1. The van der Waals surface area contributed by atoms with E-state index < -0.39 is 23.7 Å². The number of hydrogen-bond donors (Lipinski definition) is 2. The van der Waals surface area contributed by atoms with Crippen LogP contribution in [0.5, 0.6) is 5.75 Å². The van der Waals surface area contributed by atoms with Crippen molar-refractivity contribution in [1.29, 1.82) is 0 Å². The van der Waals surface area contributed by atoms with Crippen LogP contribution in [0.25, 0.3) is 0 Å². The summed E-state index contributed by atoms with van der Waals surface area (Å²) in [5.41, 5.74) is 0.153. The highest BCUT2D eigenvalue weighted by Gasteiger charge is 2.39. The highest BCUT2D eigenvalue weighted by molar-refractivity contribution is 14.1. The van der Waals surface area contributed by atoms with E-state index in [2.05, 4.69) is 5.32 Å². The predicted octanol–water partition coefficient (Wildman–Crippen LogP) is 2.13. The summed E-state index contributed by atoms with van der Waals surface area (Å²) in [5, 5.41) is 11.9. The van der Waals surface area contributed by atoms with Gasteiger partial charge in [0.2, 0.25) is 0 Å². The number of hydrogen-bond acceptors (Lipinski definition) is 7. The molecule has 9 heteroatoms. The topological polar surface area (TPSA) is 111 Å². The number of methoxy groups -OCH3 is 1. The van der Waals surface area contributed by atoms with Gasteiger partial charge in [-0.25, -0.2) is 14.4 Å². The van der Waals surface area contributed by atoms with Crippen LogP contribution < -0.4 is 10.1 Å². The first kappa shape index (κ1) is 18.0. The molecule has 2 N–H and O–H groups in total. The van der Waals surface area contributed by atoms with Gasteiger partial charge in [0.1, 0.15) is 11.3 Å². The fourth-order valence-electron chi connectivity index (χ4n) is 1.93. The van der Waals surface area contributed by atoms with Crippen molar-refractivity contribution >= 4 is 46.2 Å². The number of carboxylic acids is 1. The molecule has 0 unspecified atom stereocenters. The summed E-state index contributed by atoms with van der Waals surface area (Å²) in [5.74, 6) is -3.93. The van der Waals surface area contributed by atoms with E-state index in [1.54, 1.807) is 0 Å². The van der Waals surface area contributed by atoms with Gasteiger partial charge in [-0.2, -0.15) is 0 Å². The smallest absolute Gasteiger partial charge is 0.350 e. The third-order valence-corrected chi connectivity index (χ3v) is 3.90. The summed E-state index contributed by atoms with van der Waals surface area (Å²) in [6.45, 7) is 2.90. The van der Waals surface area contributed by atoms with E-state index in [4.69, 9.17) is 19.3 Å². The molecule has 2 rings (SSSR count). The van der Waals surface area contributed by atoms with Crippen LogP contribution in [0.3, 0.4) is 0 Å². The SMILES string of the molecule is COc1cc(NC=C2C(=O)OC(C)(C)OC2=O)c(I)cc1C(=O)O. The van der Waals surface area contributed by atoms with E-state index in [9.17, 15) is 14.4 Å². The highest BCUT2D eigenvalue weighted by Crippen LogP contribution is 2.29. The summed E-state index contributed by atoms with van der Waals surface area (Å²) < 4.78 is 15.5. The van der Waals surface area contributed by atoms with Gasteiger partial charge in [-0.1, -0.05) is 0 Å². The second kappa shape index (κ2) is 6.67. The monoisotopic (exact) mass is 447 g/mol. The lowest BCUT2D eigenvalue weighted by molar-refractivity contribution is -0.222. The molecule has 1 aliphatic heterocycles. The maximum absolute atomic E-state index is 11.9. The Morgan fingerprint density at radius 3 is 2.38 bits per heavy atom. The van der Waals surface area contributed by atoms with Gasteiger partial charge < -0.3 is 24.6 Å². The molecule has 1 aliphatic rings. The minimum Gasteiger partial charge on any atom is -0.496 e. The van der Waals surface area contributed by atoms with E-state index >= 15 is 0 Å². The fraction of sp³-hybridized carbons (Fsp3) is 0.267. The van der Waals surface area contributed by atoms with Crippen LogP contribution in [0.1, 0.15) is 24.2 Å². The Morgan fingerprint density at radius 2 is 1.88 bits per heavy atom. The van der Waals surface area contributed by atoms with Crippen molar-refractivity contribution in [3.63, 3.8) is 0 Å². The number of carbonyl (C=O) groups excluding carboxylic acids is 2. The van der Waals surface area contributed by atoms with Crippen molar-refractivity contribution in [1.82, 2.24) is 0 Å². The number of rotatable bonds is 4. The molecule has 1 fully saturated rings. The summed E-state index contributed by atoms with van der Waals surface area (Å²) in [6, 6.07) is 2.86. The standard InChI is InChI=1S/C15H14INO7/c1-15(2)23-13(20)8(14(21)24-15)6-17-10-5-11(22-3)7(12(18)19)4-9(10)16/h4-6,17H,1-3H3,(H,18,19). The number of ether oxygens (including phenoxy) is 3. The van der Waals surface area contributed by atoms with E-state index in [1.807, 2.05) is 22.6 Å². The van der Waals surface area contributed by atoms with Gasteiger partial charge in [-0.15, -0.1) is 0 Å². The Balaban J connectivity index is 2.30. The molecule has 24 heavy (non-hydrogen) atoms. The van der Waals surface area contributed by atoms with Gasteiger partial charge in [0, 0.05) is 29.7 Å². The van der Waals surface area contributed by atoms with Crippen molar-refractivity contribution in [3.8, 4) is 5.75 Å². The van der Waals surface area contributed by atoms with Crippen LogP contribution >= 0.6 is 22.6 Å². The Morgan fingerprint density at radius 1 is 1.29 bits per heavy atom. The molecule has 1 aromatic carbocycles. The van der Waals surface area contributed by atoms with Gasteiger partial charge in [0.05, 0.1) is 12.8 Å². The molecular formula is C15H14INO7. The molecule has 0 amide bonds. The molecule has 0 radical (unpaired) electrons. The van der Waals surface area contributed by atoms with Crippen molar-refractivity contribution < 1.29 is 33.7 Å². The van der Waals surface area contributed by atoms with Crippen LogP contribution in [-0.2, 0) is 19.1 Å². The molecule has 8 nitrogen and oxygen atoms in total. The summed E-state index contributed by atoms with van der Waals surface area (Å²) in [7, 11) is 1.34. The number of esters is 2. The largest absolute Gasteiger partial charge is 0.496 e. The van der Waals surface area contributed by atoms with Crippen LogP contribution in [-0.4, -0.2) is 35.9 Å². The van der Waals surface area contributed by atoms with Crippen molar-refractivity contribution in [2.24, 2.45) is 0 Å². The minimum atomic E-state index is -1.31. The first-order valence-electron chi connectivity index (χ1n) is 6.69. The van der Waals surface area contributed by atoms with Gasteiger partial charge >= 0.3 is 17.9 Å². The summed E-state index contributed by atoms with van der Waals surface area (Å²) >= 11 is 1.92. The van der Waals surface area contributed by atoms with Crippen LogP contribution in [0.4, 0.5) is 5.69 Å². The molecule has 0 aromatic heterocycles. The maximum atomic E-state index is 11.9. The molecular weight excluding hydrogens is 433 g/mol. The van der Waals surface area contributed by atoms with Gasteiger partial charge in [0.15, 0.2) is 5.57 Å². The van der Waals surface area contributed by atoms with E-state index in [0.29, 0.717) is 9.26 Å². The number of halogens is 1. The van der Waals surface area contributed by atoms with Gasteiger partial charge in [-0.3, -0.25) is 0 Å². The molecule has 0 atom stereocenters. The first-order valence-corrected chi connectivity index (χ1v) is 7.76. The van der Waals surface area contributed by atoms with Crippen molar-refractivity contribution in [2.45, 2.75) is 19.6 Å². The molecule has 0 spiro atoms. The van der Waals surface area contributed by atoms with Crippen LogP contribution in [0.15, 0.2) is 23.9 Å². The number of cyclic esters (lactones) is 2. The second-order valence-electron chi connectivity index (χ2n) is 5.22.